The van der Waals surface area contributed by atoms with Crippen molar-refractivity contribution in [1.82, 2.24) is 5.32 Å². The third-order valence-electron chi connectivity index (χ3n) is 3.46. The quantitative estimate of drug-likeness (QED) is 0.816. The Morgan fingerprint density at radius 1 is 1.09 bits per heavy atom. The predicted octanol–water partition coefficient (Wildman–Crippen LogP) is 3.41. The summed E-state index contributed by atoms with van der Waals surface area (Å²) in [6.07, 6.45) is 1.17. The van der Waals surface area contributed by atoms with E-state index < -0.39 is 0 Å². The smallest absolute Gasteiger partial charge is 0.224 e. The first-order valence-electron chi connectivity index (χ1n) is 7.38. The molecule has 2 N–H and O–H groups in total. The lowest BCUT2D eigenvalue weighted by molar-refractivity contribution is -0.116. The van der Waals surface area contributed by atoms with Crippen molar-refractivity contribution in [3.63, 3.8) is 0 Å². The minimum Gasteiger partial charge on any atom is -0.497 e. The number of methoxy groups -OCH3 is 1. The van der Waals surface area contributed by atoms with Gasteiger partial charge in [0.15, 0.2) is 0 Å². The van der Waals surface area contributed by atoms with Crippen LogP contribution in [-0.2, 0) is 17.8 Å². The fourth-order valence-corrected chi connectivity index (χ4v) is 2.25. The van der Waals surface area contributed by atoms with Crippen LogP contribution in [0.15, 0.2) is 48.5 Å². The van der Waals surface area contributed by atoms with Crippen LogP contribution in [0, 0.1) is 0 Å². The van der Waals surface area contributed by atoms with E-state index in [0.29, 0.717) is 12.8 Å². The van der Waals surface area contributed by atoms with Crippen LogP contribution >= 0.6 is 12.4 Å². The zero-order valence-corrected chi connectivity index (χ0v) is 14.3. The van der Waals surface area contributed by atoms with E-state index in [4.69, 9.17) is 4.74 Å². The molecule has 0 fully saturated rings. The normalized spacial score (nSPS) is 9.83. The fraction of sp³-hybridized carbons (Fsp3) is 0.278. The van der Waals surface area contributed by atoms with Crippen LogP contribution in [0.1, 0.15) is 17.5 Å². The van der Waals surface area contributed by atoms with Crippen LogP contribution in [0.4, 0.5) is 5.69 Å². The van der Waals surface area contributed by atoms with Gasteiger partial charge in [-0.1, -0.05) is 30.3 Å². The molecule has 0 atom stereocenters. The van der Waals surface area contributed by atoms with Gasteiger partial charge in [-0.3, -0.25) is 4.79 Å². The number of anilines is 1. The maximum Gasteiger partial charge on any atom is 0.224 e. The third-order valence-corrected chi connectivity index (χ3v) is 3.46. The number of nitrogens with one attached hydrogen (secondary N) is 2. The first kappa shape index (κ1) is 19.0. The Bertz CT molecular complexity index is 615. The number of rotatable bonds is 7. The number of carbonyl (C=O) groups excluding carboxylic acids is 1. The highest BCUT2D eigenvalue weighted by atomic mass is 35.5. The van der Waals surface area contributed by atoms with Gasteiger partial charge in [0.1, 0.15) is 5.75 Å². The molecule has 2 rings (SSSR count). The van der Waals surface area contributed by atoms with E-state index in [0.717, 1.165) is 29.1 Å². The van der Waals surface area contributed by atoms with Crippen LogP contribution in [0.2, 0.25) is 0 Å². The van der Waals surface area contributed by atoms with E-state index in [1.807, 2.05) is 55.6 Å². The van der Waals surface area contributed by atoms with Crippen LogP contribution in [0.25, 0.3) is 0 Å². The van der Waals surface area contributed by atoms with Crippen LogP contribution in [0.5, 0.6) is 5.75 Å². The average Bonchev–Trinajstić information content (AvgIpc) is 2.55. The van der Waals surface area contributed by atoms with Gasteiger partial charge in [-0.25, -0.2) is 0 Å². The Labute approximate surface area is 143 Å². The number of benzene rings is 2. The van der Waals surface area contributed by atoms with E-state index in [1.54, 1.807) is 7.11 Å². The van der Waals surface area contributed by atoms with Crippen molar-refractivity contribution in [3.8, 4) is 5.75 Å². The summed E-state index contributed by atoms with van der Waals surface area (Å²) in [4.78, 5) is 12.1. The molecule has 124 valence electrons. The maximum absolute atomic E-state index is 12.1. The lowest BCUT2D eigenvalue weighted by Crippen LogP contribution is -2.15. The lowest BCUT2D eigenvalue weighted by atomic mass is 10.1. The summed E-state index contributed by atoms with van der Waals surface area (Å²) in [6.45, 7) is 0.731. The van der Waals surface area contributed by atoms with Gasteiger partial charge in [0.2, 0.25) is 5.91 Å². The molecule has 0 unspecified atom stereocenters. The highest BCUT2D eigenvalue weighted by Gasteiger charge is 2.06. The Kier molecular flexibility index (Phi) is 8.16. The van der Waals surface area contributed by atoms with E-state index in [9.17, 15) is 4.79 Å². The minimum atomic E-state index is 0. The zero-order valence-electron chi connectivity index (χ0n) is 13.5. The van der Waals surface area contributed by atoms with Gasteiger partial charge in [-0.15, -0.1) is 12.4 Å². The van der Waals surface area contributed by atoms with Gasteiger partial charge in [-0.2, -0.15) is 0 Å². The van der Waals surface area contributed by atoms with Crippen molar-refractivity contribution >= 4 is 24.0 Å². The second-order valence-electron chi connectivity index (χ2n) is 5.08. The summed E-state index contributed by atoms with van der Waals surface area (Å²) in [6, 6.07) is 15.6. The number of amides is 1. The molecule has 0 aliphatic heterocycles. The lowest BCUT2D eigenvalue weighted by Gasteiger charge is -2.11. The molecule has 2 aromatic carbocycles. The Balaban J connectivity index is 0.00000264. The van der Waals surface area contributed by atoms with Gasteiger partial charge in [0.25, 0.3) is 0 Å². The van der Waals surface area contributed by atoms with Crippen molar-refractivity contribution in [1.29, 1.82) is 0 Å². The molecule has 0 bridgehead atoms. The summed E-state index contributed by atoms with van der Waals surface area (Å²) >= 11 is 0. The molecule has 2 aromatic rings. The van der Waals surface area contributed by atoms with Gasteiger partial charge in [0.05, 0.1) is 7.11 Å². The molecule has 23 heavy (non-hydrogen) atoms. The molecule has 0 radical (unpaired) electrons. The van der Waals surface area contributed by atoms with Gasteiger partial charge < -0.3 is 15.4 Å². The van der Waals surface area contributed by atoms with E-state index in [1.165, 1.54) is 0 Å². The number of hydrogen-bond acceptors (Lipinski definition) is 3. The van der Waals surface area contributed by atoms with Crippen LogP contribution in [-0.4, -0.2) is 20.1 Å². The van der Waals surface area contributed by atoms with Crippen molar-refractivity contribution in [2.45, 2.75) is 19.4 Å². The van der Waals surface area contributed by atoms with Crippen LogP contribution in [0.3, 0.4) is 0 Å². The van der Waals surface area contributed by atoms with Gasteiger partial charge in [-0.05, 0) is 42.8 Å². The van der Waals surface area contributed by atoms with Crippen LogP contribution < -0.4 is 15.4 Å². The molecule has 1 amide bonds. The van der Waals surface area contributed by atoms with Crippen molar-refractivity contribution in [3.05, 3.63) is 59.7 Å². The topological polar surface area (TPSA) is 50.4 Å². The average molecular weight is 335 g/mol. The molecule has 0 aliphatic rings. The largest absolute Gasteiger partial charge is 0.497 e. The van der Waals surface area contributed by atoms with E-state index in [-0.39, 0.29) is 18.3 Å². The number of aryl methyl sites for hydroxylation is 1. The Morgan fingerprint density at radius 2 is 1.78 bits per heavy atom. The number of para-hydroxylation sites is 1. The highest BCUT2D eigenvalue weighted by molar-refractivity contribution is 5.91. The highest BCUT2D eigenvalue weighted by Crippen LogP contribution is 2.16. The number of carbonyl (C=O) groups is 1. The Hall–Kier alpha value is -2.04. The molecule has 0 spiro atoms. The molecular formula is C18H23ClN2O2. The molecule has 0 saturated heterocycles. The summed E-state index contributed by atoms with van der Waals surface area (Å²) in [7, 11) is 3.54. The molecule has 0 saturated carbocycles. The first-order valence-corrected chi connectivity index (χ1v) is 7.38. The number of ether oxygens (including phenoxy) is 1. The fourth-order valence-electron chi connectivity index (χ4n) is 2.25. The molecular weight excluding hydrogens is 312 g/mol. The Morgan fingerprint density at radius 3 is 2.43 bits per heavy atom. The summed E-state index contributed by atoms with van der Waals surface area (Å²) in [5, 5.41) is 6.09. The predicted molar refractivity (Wildman–Crippen MR) is 96.4 cm³/mol. The minimum absolute atomic E-state index is 0. The first-order chi connectivity index (χ1) is 10.7. The SMILES string of the molecule is CNCc1ccccc1NC(=O)CCc1ccc(OC)cc1.Cl. The zero-order chi connectivity index (χ0) is 15.8. The van der Waals surface area contributed by atoms with Crippen molar-refractivity contribution in [2.75, 3.05) is 19.5 Å². The summed E-state index contributed by atoms with van der Waals surface area (Å²) < 4.78 is 5.12. The molecule has 0 aliphatic carbocycles. The second kappa shape index (κ2) is 9.87. The third kappa shape index (κ3) is 5.93. The molecule has 0 heterocycles. The monoisotopic (exact) mass is 334 g/mol. The summed E-state index contributed by atoms with van der Waals surface area (Å²) in [5.41, 5.74) is 3.08. The second-order valence-corrected chi connectivity index (χ2v) is 5.08. The molecule has 4 nitrogen and oxygen atoms in total. The number of hydrogen-bond donors (Lipinski definition) is 2. The van der Waals surface area contributed by atoms with E-state index >= 15 is 0 Å². The van der Waals surface area contributed by atoms with E-state index in [2.05, 4.69) is 10.6 Å². The van der Waals surface area contributed by atoms with Crippen molar-refractivity contribution < 1.29 is 9.53 Å². The molecule has 5 heteroatoms. The van der Waals surface area contributed by atoms with Gasteiger partial charge >= 0.3 is 0 Å². The number of halogens is 1. The molecule has 0 aromatic heterocycles. The van der Waals surface area contributed by atoms with Crippen molar-refractivity contribution in [2.24, 2.45) is 0 Å². The van der Waals surface area contributed by atoms with Gasteiger partial charge in [0, 0.05) is 18.7 Å². The standard InChI is InChI=1S/C18H22N2O2.ClH/c1-19-13-15-5-3-4-6-17(15)20-18(21)12-9-14-7-10-16(22-2)11-8-14;/h3-8,10-11,19H,9,12-13H2,1-2H3,(H,20,21);1H. The maximum atomic E-state index is 12.1. The summed E-state index contributed by atoms with van der Waals surface area (Å²) in [5.74, 6) is 0.855.